The highest BCUT2D eigenvalue weighted by Crippen LogP contribution is 2.15. The average Bonchev–Trinajstić information content (AvgIpc) is 2.48. The van der Waals surface area contributed by atoms with Crippen LogP contribution in [-0.2, 0) is 16.6 Å². The highest BCUT2D eigenvalue weighted by molar-refractivity contribution is 7.89. The summed E-state index contributed by atoms with van der Waals surface area (Å²) >= 11 is 0. The molecule has 0 aliphatic rings. The van der Waals surface area contributed by atoms with E-state index >= 15 is 0 Å². The fourth-order valence-electron chi connectivity index (χ4n) is 1.68. The Kier molecular flexibility index (Phi) is 4.43. The zero-order valence-corrected chi connectivity index (χ0v) is 11.7. The van der Waals surface area contributed by atoms with Crippen LogP contribution >= 0.6 is 0 Å². The molecule has 2 aromatic rings. The Labute approximate surface area is 117 Å². The van der Waals surface area contributed by atoms with Gasteiger partial charge >= 0.3 is 0 Å². The SMILES string of the molecule is CC(NS(=O)(=O)c1ccc(CO)cn1)c1ccncc1. The van der Waals surface area contributed by atoms with E-state index in [-0.39, 0.29) is 17.7 Å². The van der Waals surface area contributed by atoms with Gasteiger partial charge in [-0.1, -0.05) is 6.07 Å². The fraction of sp³-hybridized carbons (Fsp3) is 0.231. The topological polar surface area (TPSA) is 92.2 Å². The van der Waals surface area contributed by atoms with Crippen molar-refractivity contribution in [3.63, 3.8) is 0 Å². The van der Waals surface area contributed by atoms with E-state index in [4.69, 9.17) is 5.11 Å². The maximum atomic E-state index is 12.2. The lowest BCUT2D eigenvalue weighted by molar-refractivity contribution is 0.281. The first-order valence-electron chi connectivity index (χ1n) is 6.01. The lowest BCUT2D eigenvalue weighted by Gasteiger charge is -2.14. The molecule has 20 heavy (non-hydrogen) atoms. The lowest BCUT2D eigenvalue weighted by atomic mass is 10.1. The molecule has 0 aromatic carbocycles. The van der Waals surface area contributed by atoms with Crippen molar-refractivity contribution < 1.29 is 13.5 Å². The normalized spacial score (nSPS) is 13.1. The molecule has 106 valence electrons. The predicted molar refractivity (Wildman–Crippen MR) is 73.1 cm³/mol. The van der Waals surface area contributed by atoms with Crippen LogP contribution in [0.3, 0.4) is 0 Å². The van der Waals surface area contributed by atoms with E-state index in [9.17, 15) is 8.42 Å². The van der Waals surface area contributed by atoms with E-state index in [2.05, 4.69) is 14.7 Å². The van der Waals surface area contributed by atoms with Gasteiger partial charge in [0.15, 0.2) is 5.03 Å². The third kappa shape index (κ3) is 3.38. The molecule has 2 rings (SSSR count). The predicted octanol–water partition coefficient (Wildman–Crippen LogP) is 1.01. The Morgan fingerprint density at radius 2 is 1.95 bits per heavy atom. The molecular formula is C13H15N3O3S. The summed E-state index contributed by atoms with van der Waals surface area (Å²) in [5.41, 5.74) is 1.38. The minimum absolute atomic E-state index is 0.0735. The summed E-state index contributed by atoms with van der Waals surface area (Å²) in [5.74, 6) is 0. The van der Waals surface area contributed by atoms with Gasteiger partial charge in [-0.3, -0.25) is 4.98 Å². The Morgan fingerprint density at radius 1 is 1.25 bits per heavy atom. The van der Waals surface area contributed by atoms with Gasteiger partial charge in [-0.25, -0.2) is 18.1 Å². The summed E-state index contributed by atoms with van der Waals surface area (Å²) in [5, 5.41) is 8.84. The third-order valence-corrected chi connectivity index (χ3v) is 4.25. The number of hydrogen-bond acceptors (Lipinski definition) is 5. The molecule has 0 fully saturated rings. The summed E-state index contributed by atoms with van der Waals surface area (Å²) in [4.78, 5) is 7.73. The van der Waals surface area contributed by atoms with Gasteiger partial charge < -0.3 is 5.11 Å². The largest absolute Gasteiger partial charge is 0.392 e. The van der Waals surface area contributed by atoms with Crippen molar-refractivity contribution in [2.24, 2.45) is 0 Å². The molecule has 0 amide bonds. The van der Waals surface area contributed by atoms with Gasteiger partial charge in [-0.15, -0.1) is 0 Å². The van der Waals surface area contributed by atoms with Crippen molar-refractivity contribution in [1.29, 1.82) is 0 Å². The van der Waals surface area contributed by atoms with Crippen LogP contribution in [0.15, 0.2) is 47.9 Å². The fourth-order valence-corrected chi connectivity index (χ4v) is 2.84. The molecule has 0 spiro atoms. The molecule has 0 aliphatic carbocycles. The number of nitrogens with zero attached hydrogens (tertiary/aromatic N) is 2. The summed E-state index contributed by atoms with van der Waals surface area (Å²) < 4.78 is 26.9. The summed E-state index contributed by atoms with van der Waals surface area (Å²) in [6.07, 6.45) is 4.55. The molecule has 1 unspecified atom stereocenters. The van der Waals surface area contributed by atoms with Crippen LogP contribution in [0, 0.1) is 0 Å². The summed E-state index contributed by atoms with van der Waals surface area (Å²) in [6, 6.07) is 6.00. The molecule has 0 bridgehead atoms. The van der Waals surface area contributed by atoms with E-state index in [1.165, 1.54) is 18.3 Å². The van der Waals surface area contributed by atoms with Crippen molar-refractivity contribution in [2.75, 3.05) is 0 Å². The van der Waals surface area contributed by atoms with Gasteiger partial charge in [0.1, 0.15) is 0 Å². The van der Waals surface area contributed by atoms with E-state index in [0.717, 1.165) is 5.56 Å². The Morgan fingerprint density at radius 3 is 2.50 bits per heavy atom. The van der Waals surface area contributed by atoms with E-state index < -0.39 is 10.0 Å². The zero-order valence-electron chi connectivity index (χ0n) is 10.9. The van der Waals surface area contributed by atoms with E-state index in [1.54, 1.807) is 31.5 Å². The van der Waals surface area contributed by atoms with Crippen molar-refractivity contribution >= 4 is 10.0 Å². The molecule has 0 saturated carbocycles. The number of nitrogens with one attached hydrogen (secondary N) is 1. The van der Waals surface area contributed by atoms with E-state index in [1.807, 2.05) is 0 Å². The van der Waals surface area contributed by atoms with Gasteiger partial charge in [0, 0.05) is 24.6 Å². The number of rotatable bonds is 5. The summed E-state index contributed by atoms with van der Waals surface area (Å²) in [6.45, 7) is 1.57. The number of aromatic nitrogens is 2. The van der Waals surface area contributed by atoms with Gasteiger partial charge in [0.05, 0.1) is 6.61 Å². The van der Waals surface area contributed by atoms with Crippen LogP contribution in [0.25, 0.3) is 0 Å². The lowest BCUT2D eigenvalue weighted by Crippen LogP contribution is -2.27. The molecule has 0 radical (unpaired) electrons. The number of sulfonamides is 1. The first-order chi connectivity index (χ1) is 9.53. The van der Waals surface area contributed by atoms with Gasteiger partial charge in [0.2, 0.25) is 0 Å². The molecule has 1 atom stereocenters. The number of aliphatic hydroxyl groups excluding tert-OH is 1. The maximum Gasteiger partial charge on any atom is 0.258 e. The molecule has 2 heterocycles. The number of pyridine rings is 2. The number of aliphatic hydroxyl groups is 1. The van der Waals surface area contributed by atoms with Crippen LogP contribution in [0.1, 0.15) is 24.1 Å². The highest BCUT2D eigenvalue weighted by Gasteiger charge is 2.19. The third-order valence-electron chi connectivity index (χ3n) is 2.79. The van der Waals surface area contributed by atoms with Crippen LogP contribution in [0.5, 0.6) is 0 Å². The Bertz CT molecular complexity index is 657. The molecule has 2 N–H and O–H groups in total. The minimum atomic E-state index is -3.70. The molecule has 2 aromatic heterocycles. The maximum absolute atomic E-state index is 12.2. The molecular weight excluding hydrogens is 278 g/mol. The van der Waals surface area contributed by atoms with Crippen LogP contribution in [0.2, 0.25) is 0 Å². The minimum Gasteiger partial charge on any atom is -0.392 e. The Balaban J connectivity index is 2.18. The summed E-state index contributed by atoms with van der Waals surface area (Å²) in [7, 11) is -3.70. The van der Waals surface area contributed by atoms with Crippen LogP contribution < -0.4 is 4.72 Å². The Hall–Kier alpha value is -1.83. The molecule has 7 heteroatoms. The van der Waals surface area contributed by atoms with Gasteiger partial charge in [0.25, 0.3) is 10.0 Å². The monoisotopic (exact) mass is 293 g/mol. The first-order valence-corrected chi connectivity index (χ1v) is 7.49. The average molecular weight is 293 g/mol. The van der Waals surface area contributed by atoms with Crippen molar-refractivity contribution in [3.05, 3.63) is 54.0 Å². The smallest absolute Gasteiger partial charge is 0.258 e. The van der Waals surface area contributed by atoms with Gasteiger partial charge in [-0.05, 0) is 36.2 Å². The zero-order chi connectivity index (χ0) is 14.6. The molecule has 6 nitrogen and oxygen atoms in total. The second-order valence-electron chi connectivity index (χ2n) is 4.29. The standard InChI is InChI=1S/C13H15N3O3S/c1-10(12-4-6-14-7-5-12)16-20(18,19)13-3-2-11(9-17)8-15-13/h2-8,10,16-17H,9H2,1H3. The molecule has 0 aliphatic heterocycles. The second-order valence-corrected chi connectivity index (χ2v) is 5.95. The van der Waals surface area contributed by atoms with Crippen molar-refractivity contribution in [1.82, 2.24) is 14.7 Å². The first kappa shape index (κ1) is 14.6. The van der Waals surface area contributed by atoms with E-state index in [0.29, 0.717) is 5.56 Å². The van der Waals surface area contributed by atoms with Gasteiger partial charge in [-0.2, -0.15) is 0 Å². The quantitative estimate of drug-likeness (QED) is 0.858. The second kappa shape index (κ2) is 6.08. The molecule has 0 saturated heterocycles. The van der Waals surface area contributed by atoms with Crippen LogP contribution in [0.4, 0.5) is 0 Å². The van der Waals surface area contributed by atoms with Crippen LogP contribution in [-0.4, -0.2) is 23.5 Å². The number of hydrogen-bond donors (Lipinski definition) is 2. The van der Waals surface area contributed by atoms with Crippen molar-refractivity contribution in [2.45, 2.75) is 24.6 Å². The highest BCUT2D eigenvalue weighted by atomic mass is 32.2. The van der Waals surface area contributed by atoms with Crippen molar-refractivity contribution in [3.8, 4) is 0 Å².